The number of rotatable bonds is 10. The fourth-order valence-corrected chi connectivity index (χ4v) is 6.32. The molecular formula is C26H24ClN3O4S2. The van der Waals surface area contributed by atoms with Crippen LogP contribution in [0.1, 0.15) is 21.7 Å². The lowest BCUT2D eigenvalue weighted by Crippen LogP contribution is -2.32. The smallest absolute Gasteiger partial charge is 0.260 e. The first-order valence-corrected chi connectivity index (χ1v) is 13.6. The van der Waals surface area contributed by atoms with Gasteiger partial charge in [0, 0.05) is 18.7 Å². The Hall–Kier alpha value is -3.24. The minimum absolute atomic E-state index is 0.0720. The second kappa shape index (κ2) is 10.8. The molecule has 0 N–H and O–H groups in total. The highest BCUT2D eigenvalue weighted by Crippen LogP contribution is 2.36. The summed E-state index contributed by atoms with van der Waals surface area (Å²) in [6, 6.07) is 13.0. The van der Waals surface area contributed by atoms with Gasteiger partial charge in [-0.1, -0.05) is 41.2 Å². The number of halogens is 1. The van der Waals surface area contributed by atoms with Crippen LogP contribution in [0.4, 0.5) is 5.13 Å². The maximum atomic E-state index is 13.6. The molecule has 10 heteroatoms. The van der Waals surface area contributed by atoms with Crippen LogP contribution < -0.4 is 4.90 Å². The van der Waals surface area contributed by atoms with Gasteiger partial charge in [-0.3, -0.25) is 9.69 Å². The average Bonchev–Trinajstić information content (AvgIpc) is 3.55. The van der Waals surface area contributed by atoms with E-state index in [2.05, 4.69) is 13.2 Å². The Labute approximate surface area is 219 Å². The number of nitrogens with zero attached hydrogens (tertiary/aromatic N) is 3. The van der Waals surface area contributed by atoms with Gasteiger partial charge in [0.1, 0.15) is 5.76 Å². The first-order valence-electron chi connectivity index (χ1n) is 11.0. The highest BCUT2D eigenvalue weighted by Gasteiger charge is 2.26. The molecule has 4 aromatic rings. The molecule has 0 aliphatic heterocycles. The second-order valence-corrected chi connectivity index (χ2v) is 11.3. The van der Waals surface area contributed by atoms with Gasteiger partial charge in [0.15, 0.2) is 5.13 Å². The van der Waals surface area contributed by atoms with Crippen LogP contribution in [0.15, 0.2) is 89.4 Å². The Kier molecular flexibility index (Phi) is 7.75. The van der Waals surface area contributed by atoms with Crippen molar-refractivity contribution in [2.45, 2.75) is 18.4 Å². The van der Waals surface area contributed by atoms with E-state index in [0.29, 0.717) is 21.5 Å². The van der Waals surface area contributed by atoms with Crippen molar-refractivity contribution in [2.75, 3.05) is 18.0 Å². The van der Waals surface area contributed by atoms with Crippen LogP contribution in [0.25, 0.3) is 10.2 Å². The number of anilines is 1. The number of furan rings is 1. The van der Waals surface area contributed by atoms with Crippen LogP contribution in [0.5, 0.6) is 0 Å². The van der Waals surface area contributed by atoms with Crippen LogP contribution >= 0.6 is 22.9 Å². The Morgan fingerprint density at radius 2 is 1.81 bits per heavy atom. The molecular weight excluding hydrogens is 518 g/mol. The number of benzene rings is 2. The van der Waals surface area contributed by atoms with E-state index in [1.807, 2.05) is 13.0 Å². The molecule has 0 spiro atoms. The van der Waals surface area contributed by atoms with E-state index in [0.717, 1.165) is 15.8 Å². The third-order valence-corrected chi connectivity index (χ3v) is 8.85. The maximum absolute atomic E-state index is 13.6. The van der Waals surface area contributed by atoms with Crippen molar-refractivity contribution in [3.8, 4) is 0 Å². The molecule has 0 aliphatic carbocycles. The summed E-state index contributed by atoms with van der Waals surface area (Å²) < 4.78 is 33.6. The number of aryl methyl sites for hydroxylation is 1. The van der Waals surface area contributed by atoms with E-state index in [4.69, 9.17) is 21.0 Å². The predicted octanol–water partition coefficient (Wildman–Crippen LogP) is 6.06. The molecule has 0 radical (unpaired) electrons. The minimum atomic E-state index is -3.78. The van der Waals surface area contributed by atoms with Gasteiger partial charge in [-0.05, 0) is 55.0 Å². The van der Waals surface area contributed by atoms with Crippen molar-refractivity contribution < 1.29 is 17.6 Å². The number of aromatic nitrogens is 1. The third-order valence-electron chi connectivity index (χ3n) is 5.46. The molecule has 186 valence electrons. The molecule has 0 saturated carbocycles. The minimum Gasteiger partial charge on any atom is -0.467 e. The van der Waals surface area contributed by atoms with Crippen LogP contribution in [-0.4, -0.2) is 36.7 Å². The zero-order chi connectivity index (χ0) is 25.9. The summed E-state index contributed by atoms with van der Waals surface area (Å²) in [6.07, 6.45) is 4.56. The van der Waals surface area contributed by atoms with Gasteiger partial charge in [-0.15, -0.1) is 13.2 Å². The monoisotopic (exact) mass is 541 g/mol. The number of amides is 1. The molecule has 36 heavy (non-hydrogen) atoms. The van der Waals surface area contributed by atoms with Crippen LogP contribution in [0, 0.1) is 6.92 Å². The average molecular weight is 542 g/mol. The van der Waals surface area contributed by atoms with Crippen molar-refractivity contribution >= 4 is 54.2 Å². The fourth-order valence-electron chi connectivity index (χ4n) is 3.62. The van der Waals surface area contributed by atoms with Crippen LogP contribution in [-0.2, 0) is 16.6 Å². The highest BCUT2D eigenvalue weighted by atomic mass is 35.5. The lowest BCUT2D eigenvalue weighted by molar-refractivity contribution is 0.0983. The summed E-state index contributed by atoms with van der Waals surface area (Å²) in [5.74, 6) is 0.228. The van der Waals surface area contributed by atoms with E-state index in [9.17, 15) is 13.2 Å². The largest absolute Gasteiger partial charge is 0.467 e. The van der Waals surface area contributed by atoms with Crippen LogP contribution in [0.3, 0.4) is 0 Å². The summed E-state index contributed by atoms with van der Waals surface area (Å²) in [5, 5.41) is 1.02. The van der Waals surface area contributed by atoms with Gasteiger partial charge in [0.2, 0.25) is 10.0 Å². The Bertz CT molecular complexity index is 1460. The summed E-state index contributed by atoms with van der Waals surface area (Å²) in [5.41, 5.74) is 1.98. The van der Waals surface area contributed by atoms with Crippen molar-refractivity contribution in [1.29, 1.82) is 0 Å². The predicted molar refractivity (Wildman–Crippen MR) is 144 cm³/mol. The Morgan fingerprint density at radius 3 is 2.39 bits per heavy atom. The van der Waals surface area contributed by atoms with Crippen molar-refractivity contribution in [2.24, 2.45) is 0 Å². The zero-order valence-electron chi connectivity index (χ0n) is 19.6. The van der Waals surface area contributed by atoms with E-state index in [1.165, 1.54) is 63.2 Å². The topological polar surface area (TPSA) is 83.7 Å². The Morgan fingerprint density at radius 1 is 1.11 bits per heavy atom. The summed E-state index contributed by atoms with van der Waals surface area (Å²) in [6.45, 7) is 9.61. The van der Waals surface area contributed by atoms with Crippen molar-refractivity contribution in [1.82, 2.24) is 9.29 Å². The standard InChI is InChI=1S/C26H24ClN3O4S2/c1-4-14-29(15-5-2)36(32,33)21-11-9-19(10-12-21)25(31)30(17-20-7-6-16-34-20)26-28-23-18(3)8-13-22(27)24(23)35-26/h4-13,16H,1-2,14-15,17H2,3H3. The number of thiazole rings is 1. The molecule has 0 atom stereocenters. The lowest BCUT2D eigenvalue weighted by atomic mass is 10.2. The van der Waals surface area contributed by atoms with Gasteiger partial charge < -0.3 is 4.42 Å². The number of fused-ring (bicyclic) bond motifs is 1. The van der Waals surface area contributed by atoms with Gasteiger partial charge in [-0.2, -0.15) is 4.31 Å². The third kappa shape index (κ3) is 5.15. The van der Waals surface area contributed by atoms with E-state index in [1.54, 1.807) is 18.2 Å². The number of hydrogen-bond donors (Lipinski definition) is 0. The normalized spacial score (nSPS) is 11.6. The molecule has 0 unspecified atom stereocenters. The highest BCUT2D eigenvalue weighted by molar-refractivity contribution is 7.89. The molecule has 1 amide bonds. The van der Waals surface area contributed by atoms with Gasteiger partial charge in [-0.25, -0.2) is 13.4 Å². The molecule has 2 heterocycles. The summed E-state index contributed by atoms with van der Waals surface area (Å²) >= 11 is 7.70. The van der Waals surface area contributed by atoms with E-state index in [-0.39, 0.29) is 30.4 Å². The Balaban J connectivity index is 1.70. The fraction of sp³-hybridized carbons (Fsp3) is 0.154. The van der Waals surface area contributed by atoms with E-state index >= 15 is 0 Å². The molecule has 0 aliphatic rings. The molecule has 0 fully saturated rings. The van der Waals surface area contributed by atoms with Crippen molar-refractivity contribution in [3.63, 3.8) is 0 Å². The van der Waals surface area contributed by atoms with Gasteiger partial charge in [0.05, 0.1) is 32.9 Å². The molecule has 2 aromatic carbocycles. The first-order chi connectivity index (χ1) is 17.3. The second-order valence-electron chi connectivity index (χ2n) is 7.93. The lowest BCUT2D eigenvalue weighted by Gasteiger charge is -2.20. The number of hydrogen-bond acceptors (Lipinski definition) is 6. The molecule has 0 saturated heterocycles. The molecule has 7 nitrogen and oxygen atoms in total. The number of carbonyl (C=O) groups is 1. The molecule has 4 rings (SSSR count). The SMILES string of the molecule is C=CCN(CC=C)S(=O)(=O)c1ccc(C(=O)N(Cc2ccco2)c2nc3c(C)ccc(Cl)c3s2)cc1. The number of carbonyl (C=O) groups excluding carboxylic acids is 1. The van der Waals surface area contributed by atoms with Crippen molar-refractivity contribution in [3.05, 3.63) is 102 Å². The quantitative estimate of drug-likeness (QED) is 0.228. The van der Waals surface area contributed by atoms with E-state index < -0.39 is 10.0 Å². The summed E-state index contributed by atoms with van der Waals surface area (Å²) in [7, 11) is -3.78. The molecule has 0 bridgehead atoms. The first kappa shape index (κ1) is 25.8. The van der Waals surface area contributed by atoms with Gasteiger partial charge >= 0.3 is 0 Å². The number of sulfonamides is 1. The summed E-state index contributed by atoms with van der Waals surface area (Å²) in [4.78, 5) is 19.9. The molecule has 2 aromatic heterocycles. The zero-order valence-corrected chi connectivity index (χ0v) is 21.9. The van der Waals surface area contributed by atoms with Gasteiger partial charge in [0.25, 0.3) is 5.91 Å². The maximum Gasteiger partial charge on any atom is 0.260 e. The van der Waals surface area contributed by atoms with Crippen LogP contribution in [0.2, 0.25) is 5.02 Å².